The molecule has 86 valence electrons. The van der Waals surface area contributed by atoms with Crippen LogP contribution in [-0.2, 0) is 13.6 Å². The number of hydrogen-bond donors (Lipinski definition) is 1. The van der Waals surface area contributed by atoms with Gasteiger partial charge in [0.1, 0.15) is 11.0 Å². The van der Waals surface area contributed by atoms with Crippen LogP contribution in [0.1, 0.15) is 16.8 Å². The minimum absolute atomic E-state index is 0.553. The molecule has 0 saturated heterocycles. The van der Waals surface area contributed by atoms with Gasteiger partial charge in [-0.05, 0) is 13.8 Å². The van der Waals surface area contributed by atoms with E-state index in [2.05, 4.69) is 10.2 Å². The van der Waals surface area contributed by atoms with Crippen molar-refractivity contribution in [2.75, 3.05) is 5.73 Å². The molecule has 0 unspecified atom stereocenters. The van der Waals surface area contributed by atoms with Crippen molar-refractivity contribution < 1.29 is 0 Å². The fraction of sp³-hybridized carbons (Fsp3) is 0.400. The minimum atomic E-state index is 0.553. The summed E-state index contributed by atoms with van der Waals surface area (Å²) in [6.45, 7) is 4.45. The Morgan fingerprint density at radius 1 is 1.38 bits per heavy atom. The van der Waals surface area contributed by atoms with E-state index in [9.17, 15) is 0 Å². The van der Waals surface area contributed by atoms with Gasteiger partial charge in [0.15, 0.2) is 0 Å². The third-order valence-electron chi connectivity index (χ3n) is 2.57. The van der Waals surface area contributed by atoms with Crippen LogP contribution in [0.15, 0.2) is 6.20 Å². The zero-order valence-electron chi connectivity index (χ0n) is 9.53. The van der Waals surface area contributed by atoms with Gasteiger partial charge in [-0.1, -0.05) is 11.6 Å². The van der Waals surface area contributed by atoms with Crippen LogP contribution in [0.4, 0.5) is 5.82 Å². The smallest absolute Gasteiger partial charge is 0.148 e. The Hall–Kier alpha value is -1.49. The number of rotatable bonds is 2. The Labute approximate surface area is 98.8 Å². The van der Waals surface area contributed by atoms with E-state index in [1.165, 1.54) is 0 Å². The quantitative estimate of drug-likeness (QED) is 0.864. The molecule has 0 saturated carbocycles. The van der Waals surface area contributed by atoms with Gasteiger partial charge in [0.2, 0.25) is 0 Å². The van der Waals surface area contributed by atoms with Crippen LogP contribution in [0.3, 0.4) is 0 Å². The number of halogens is 1. The van der Waals surface area contributed by atoms with Gasteiger partial charge in [-0.3, -0.25) is 9.36 Å². The van der Waals surface area contributed by atoms with Gasteiger partial charge in [-0.25, -0.2) is 0 Å². The van der Waals surface area contributed by atoms with Crippen molar-refractivity contribution in [2.45, 2.75) is 20.4 Å². The van der Waals surface area contributed by atoms with Crippen LogP contribution in [0.25, 0.3) is 0 Å². The van der Waals surface area contributed by atoms with Crippen LogP contribution in [0.2, 0.25) is 5.15 Å². The molecule has 0 aliphatic rings. The molecule has 0 fully saturated rings. The molecule has 0 atom stereocenters. The molecule has 0 aliphatic heterocycles. The van der Waals surface area contributed by atoms with E-state index in [-0.39, 0.29) is 0 Å². The molecule has 2 aromatic rings. The molecule has 2 heterocycles. The monoisotopic (exact) mass is 239 g/mol. The number of anilines is 1. The van der Waals surface area contributed by atoms with Crippen LogP contribution in [-0.4, -0.2) is 19.6 Å². The normalized spacial score (nSPS) is 11.0. The van der Waals surface area contributed by atoms with Crippen molar-refractivity contribution in [3.8, 4) is 0 Å². The topological polar surface area (TPSA) is 61.7 Å². The molecule has 0 bridgehead atoms. The maximum Gasteiger partial charge on any atom is 0.148 e. The first kappa shape index (κ1) is 11.0. The van der Waals surface area contributed by atoms with Gasteiger partial charge in [0.05, 0.1) is 12.2 Å². The summed E-state index contributed by atoms with van der Waals surface area (Å²) in [5.41, 5.74) is 8.55. The Kier molecular flexibility index (Phi) is 2.63. The molecule has 2 rings (SSSR count). The summed E-state index contributed by atoms with van der Waals surface area (Å²) in [5, 5.41) is 9.09. The zero-order chi connectivity index (χ0) is 11.9. The number of nitrogens with two attached hydrogens (primary N) is 1. The van der Waals surface area contributed by atoms with Crippen LogP contribution >= 0.6 is 11.6 Å². The number of nitrogen functional groups attached to an aromatic ring is 1. The summed E-state index contributed by atoms with van der Waals surface area (Å²) < 4.78 is 3.44. The van der Waals surface area contributed by atoms with Crippen molar-refractivity contribution >= 4 is 17.4 Å². The molecule has 2 aromatic heterocycles. The lowest BCUT2D eigenvalue weighted by Gasteiger charge is -2.00. The molecular weight excluding hydrogens is 226 g/mol. The lowest BCUT2D eigenvalue weighted by atomic mass is 10.2. The van der Waals surface area contributed by atoms with Crippen molar-refractivity contribution in [2.24, 2.45) is 7.05 Å². The average Bonchev–Trinajstić information content (AvgIpc) is 2.63. The minimum Gasteiger partial charge on any atom is -0.382 e. The number of aromatic nitrogens is 4. The summed E-state index contributed by atoms with van der Waals surface area (Å²) in [6.07, 6.45) is 1.90. The van der Waals surface area contributed by atoms with Gasteiger partial charge in [0.25, 0.3) is 0 Å². The van der Waals surface area contributed by atoms with E-state index in [0.717, 1.165) is 16.8 Å². The van der Waals surface area contributed by atoms with E-state index < -0.39 is 0 Å². The molecule has 6 heteroatoms. The summed E-state index contributed by atoms with van der Waals surface area (Å²) >= 11 is 6.14. The molecule has 2 N–H and O–H groups in total. The fourth-order valence-electron chi connectivity index (χ4n) is 1.63. The van der Waals surface area contributed by atoms with Crippen molar-refractivity contribution in [3.63, 3.8) is 0 Å². The molecule has 0 amide bonds. The second-order valence-electron chi connectivity index (χ2n) is 3.87. The summed E-state index contributed by atoms with van der Waals surface area (Å²) in [7, 11) is 1.82. The van der Waals surface area contributed by atoms with Gasteiger partial charge < -0.3 is 5.73 Å². The number of aryl methyl sites for hydroxylation is 3. The predicted molar refractivity (Wildman–Crippen MR) is 63.4 cm³/mol. The Morgan fingerprint density at radius 2 is 2.06 bits per heavy atom. The molecule has 0 spiro atoms. The molecule has 0 radical (unpaired) electrons. The lowest BCUT2D eigenvalue weighted by molar-refractivity contribution is 0.686. The third-order valence-corrected chi connectivity index (χ3v) is 3.05. The average molecular weight is 240 g/mol. The van der Waals surface area contributed by atoms with Gasteiger partial charge in [-0.2, -0.15) is 10.2 Å². The van der Waals surface area contributed by atoms with E-state index >= 15 is 0 Å². The van der Waals surface area contributed by atoms with Crippen molar-refractivity contribution in [1.82, 2.24) is 19.6 Å². The lowest BCUT2D eigenvalue weighted by Crippen LogP contribution is -2.02. The Bertz CT molecular complexity index is 506. The molecular formula is C10H14ClN5. The summed E-state index contributed by atoms with van der Waals surface area (Å²) in [4.78, 5) is 0. The first-order valence-electron chi connectivity index (χ1n) is 4.96. The van der Waals surface area contributed by atoms with Crippen LogP contribution in [0, 0.1) is 13.8 Å². The second kappa shape index (κ2) is 3.83. The first-order valence-corrected chi connectivity index (χ1v) is 5.34. The predicted octanol–water partition coefficient (Wildman–Crippen LogP) is 1.52. The van der Waals surface area contributed by atoms with E-state index in [1.54, 1.807) is 9.36 Å². The van der Waals surface area contributed by atoms with E-state index in [4.69, 9.17) is 17.3 Å². The second-order valence-corrected chi connectivity index (χ2v) is 4.23. The molecule has 16 heavy (non-hydrogen) atoms. The summed E-state index contributed by atoms with van der Waals surface area (Å²) in [5.74, 6) is 0.553. The maximum atomic E-state index is 6.14. The molecule has 0 aliphatic carbocycles. The van der Waals surface area contributed by atoms with Crippen LogP contribution < -0.4 is 5.73 Å². The Balaban J connectivity index is 2.33. The third kappa shape index (κ3) is 1.78. The Morgan fingerprint density at radius 3 is 2.50 bits per heavy atom. The molecule has 5 nitrogen and oxygen atoms in total. The number of hydrogen-bond acceptors (Lipinski definition) is 3. The van der Waals surface area contributed by atoms with Crippen LogP contribution in [0.5, 0.6) is 0 Å². The van der Waals surface area contributed by atoms with Crippen molar-refractivity contribution in [1.29, 1.82) is 0 Å². The summed E-state index contributed by atoms with van der Waals surface area (Å²) in [6, 6.07) is 0. The van der Waals surface area contributed by atoms with E-state index in [1.807, 2.05) is 27.1 Å². The molecule has 0 aromatic carbocycles. The van der Waals surface area contributed by atoms with Crippen molar-refractivity contribution in [3.05, 3.63) is 28.2 Å². The van der Waals surface area contributed by atoms with Gasteiger partial charge >= 0.3 is 0 Å². The highest BCUT2D eigenvalue weighted by molar-refractivity contribution is 6.30. The fourth-order valence-corrected chi connectivity index (χ4v) is 1.87. The maximum absolute atomic E-state index is 6.14. The standard InChI is InChI=1S/C10H14ClN5/c1-6-4-16(14-10(6)12)5-8-7(2)13-15(3)9(8)11/h4H,5H2,1-3H3,(H2,12,14). The zero-order valence-corrected chi connectivity index (χ0v) is 10.3. The SMILES string of the molecule is Cc1cn(Cc2c(C)nn(C)c2Cl)nc1N. The highest BCUT2D eigenvalue weighted by Crippen LogP contribution is 2.20. The highest BCUT2D eigenvalue weighted by Gasteiger charge is 2.12. The first-order chi connectivity index (χ1) is 7.49. The largest absolute Gasteiger partial charge is 0.382 e. The van der Waals surface area contributed by atoms with E-state index in [0.29, 0.717) is 17.5 Å². The number of nitrogens with zero attached hydrogens (tertiary/aromatic N) is 4. The van der Waals surface area contributed by atoms with Gasteiger partial charge in [-0.15, -0.1) is 0 Å². The highest BCUT2D eigenvalue weighted by atomic mass is 35.5. The van der Waals surface area contributed by atoms with Gasteiger partial charge in [0, 0.05) is 24.4 Å².